The number of methoxy groups -OCH3 is 1. The molecule has 5 nitrogen and oxygen atoms in total. The normalized spacial score (nSPS) is 11.8. The van der Waals surface area contributed by atoms with Gasteiger partial charge in [0.1, 0.15) is 0 Å². The van der Waals surface area contributed by atoms with E-state index in [1.54, 1.807) is 24.3 Å². The van der Waals surface area contributed by atoms with Gasteiger partial charge in [-0.15, -0.1) is 0 Å². The number of hydrogen-bond acceptors (Lipinski definition) is 3. The molecule has 1 aromatic rings. The van der Waals surface area contributed by atoms with Gasteiger partial charge in [-0.2, -0.15) is 0 Å². The number of para-hydroxylation sites is 1. The van der Waals surface area contributed by atoms with E-state index in [-0.39, 0.29) is 11.9 Å². The molecule has 0 bridgehead atoms. The fourth-order valence-corrected chi connectivity index (χ4v) is 1.40. The van der Waals surface area contributed by atoms with Gasteiger partial charge in [0.05, 0.1) is 18.4 Å². The standard InChI is InChI=1S/C14H20N2O3/c1-9(2)10(3)15-13(17)11-7-5-6-8-12(11)16-14(18)19-4/h5-10H,1-4H3,(H,15,17)(H,16,18)/t10-/m1/s1. The number of amides is 2. The first kappa shape index (κ1) is 15.0. The first-order valence-corrected chi connectivity index (χ1v) is 6.20. The van der Waals surface area contributed by atoms with Crippen molar-refractivity contribution in [3.05, 3.63) is 29.8 Å². The van der Waals surface area contributed by atoms with Gasteiger partial charge in [0.15, 0.2) is 0 Å². The molecule has 5 heteroatoms. The highest BCUT2D eigenvalue weighted by molar-refractivity contribution is 6.02. The zero-order chi connectivity index (χ0) is 14.4. The van der Waals surface area contributed by atoms with Crippen LogP contribution < -0.4 is 10.6 Å². The van der Waals surface area contributed by atoms with Gasteiger partial charge in [-0.1, -0.05) is 26.0 Å². The van der Waals surface area contributed by atoms with Crippen LogP contribution >= 0.6 is 0 Å². The smallest absolute Gasteiger partial charge is 0.411 e. The molecule has 0 aromatic heterocycles. The van der Waals surface area contributed by atoms with Crippen LogP contribution in [0.3, 0.4) is 0 Å². The lowest BCUT2D eigenvalue weighted by atomic mass is 10.1. The van der Waals surface area contributed by atoms with E-state index in [4.69, 9.17) is 0 Å². The monoisotopic (exact) mass is 264 g/mol. The average molecular weight is 264 g/mol. The molecule has 0 spiro atoms. The van der Waals surface area contributed by atoms with Crippen LogP contribution in [0.15, 0.2) is 24.3 Å². The van der Waals surface area contributed by atoms with E-state index in [1.807, 2.05) is 20.8 Å². The Morgan fingerprint density at radius 3 is 2.37 bits per heavy atom. The summed E-state index contributed by atoms with van der Waals surface area (Å²) in [7, 11) is 1.28. The Kier molecular flexibility index (Phi) is 5.36. The third-order valence-corrected chi connectivity index (χ3v) is 2.95. The number of rotatable bonds is 4. The minimum atomic E-state index is -0.600. The Hall–Kier alpha value is -2.04. The van der Waals surface area contributed by atoms with E-state index in [0.29, 0.717) is 17.2 Å². The highest BCUT2D eigenvalue weighted by Gasteiger charge is 2.16. The molecule has 0 heterocycles. The van der Waals surface area contributed by atoms with Crippen molar-refractivity contribution in [2.45, 2.75) is 26.8 Å². The van der Waals surface area contributed by atoms with Gasteiger partial charge < -0.3 is 10.1 Å². The van der Waals surface area contributed by atoms with Gasteiger partial charge in [0.25, 0.3) is 5.91 Å². The summed E-state index contributed by atoms with van der Waals surface area (Å²) in [6.07, 6.45) is -0.600. The molecule has 0 fully saturated rings. The second-order valence-corrected chi connectivity index (χ2v) is 4.67. The molecular formula is C14H20N2O3. The number of carbonyl (C=O) groups is 2. The molecule has 1 atom stereocenters. The van der Waals surface area contributed by atoms with E-state index in [1.165, 1.54) is 7.11 Å². The summed E-state index contributed by atoms with van der Waals surface area (Å²) in [6, 6.07) is 6.86. The molecule has 0 aliphatic rings. The summed E-state index contributed by atoms with van der Waals surface area (Å²) >= 11 is 0. The minimum Gasteiger partial charge on any atom is -0.453 e. The Morgan fingerprint density at radius 1 is 1.16 bits per heavy atom. The summed E-state index contributed by atoms with van der Waals surface area (Å²) in [5.41, 5.74) is 0.850. The van der Waals surface area contributed by atoms with Crippen LogP contribution in [0.4, 0.5) is 10.5 Å². The van der Waals surface area contributed by atoms with Crippen LogP contribution in [-0.2, 0) is 4.74 Å². The third-order valence-electron chi connectivity index (χ3n) is 2.95. The predicted molar refractivity (Wildman–Crippen MR) is 74.2 cm³/mol. The van der Waals surface area contributed by atoms with E-state index >= 15 is 0 Å². The van der Waals surface area contributed by atoms with Gasteiger partial charge in [0.2, 0.25) is 0 Å². The highest BCUT2D eigenvalue weighted by Crippen LogP contribution is 2.16. The highest BCUT2D eigenvalue weighted by atomic mass is 16.5. The third kappa shape index (κ3) is 4.28. The molecule has 0 unspecified atom stereocenters. The lowest BCUT2D eigenvalue weighted by Gasteiger charge is -2.18. The summed E-state index contributed by atoms with van der Waals surface area (Å²) in [5.74, 6) is 0.123. The van der Waals surface area contributed by atoms with Crippen LogP contribution in [0.5, 0.6) is 0 Å². The second-order valence-electron chi connectivity index (χ2n) is 4.67. The van der Waals surface area contributed by atoms with Crippen LogP contribution in [0.2, 0.25) is 0 Å². The van der Waals surface area contributed by atoms with E-state index in [9.17, 15) is 9.59 Å². The lowest BCUT2D eigenvalue weighted by Crippen LogP contribution is -2.36. The number of hydrogen-bond donors (Lipinski definition) is 2. The molecule has 19 heavy (non-hydrogen) atoms. The SMILES string of the molecule is COC(=O)Nc1ccccc1C(=O)N[C@H](C)C(C)C. The van der Waals surface area contributed by atoms with E-state index in [0.717, 1.165) is 0 Å². The van der Waals surface area contributed by atoms with Crippen molar-refractivity contribution in [3.8, 4) is 0 Å². The number of ether oxygens (including phenoxy) is 1. The molecule has 0 aliphatic heterocycles. The number of benzene rings is 1. The van der Waals surface area contributed by atoms with Crippen molar-refractivity contribution in [2.24, 2.45) is 5.92 Å². The number of anilines is 1. The van der Waals surface area contributed by atoms with Gasteiger partial charge in [0, 0.05) is 6.04 Å². The zero-order valence-electron chi connectivity index (χ0n) is 11.7. The molecule has 0 saturated carbocycles. The van der Waals surface area contributed by atoms with Gasteiger partial charge in [-0.25, -0.2) is 4.79 Å². The lowest BCUT2D eigenvalue weighted by molar-refractivity contribution is 0.0931. The van der Waals surface area contributed by atoms with Crippen molar-refractivity contribution >= 4 is 17.7 Å². The van der Waals surface area contributed by atoms with Crippen molar-refractivity contribution < 1.29 is 14.3 Å². The van der Waals surface area contributed by atoms with Crippen LogP contribution in [0.1, 0.15) is 31.1 Å². The molecule has 2 amide bonds. The van der Waals surface area contributed by atoms with E-state index in [2.05, 4.69) is 15.4 Å². The molecular weight excluding hydrogens is 244 g/mol. The van der Waals surface area contributed by atoms with Crippen LogP contribution in [-0.4, -0.2) is 25.2 Å². The van der Waals surface area contributed by atoms with Crippen molar-refractivity contribution in [1.29, 1.82) is 0 Å². The summed E-state index contributed by atoms with van der Waals surface area (Å²) in [4.78, 5) is 23.4. The van der Waals surface area contributed by atoms with Crippen LogP contribution in [0, 0.1) is 5.92 Å². The zero-order valence-corrected chi connectivity index (χ0v) is 11.7. The molecule has 0 radical (unpaired) electrons. The first-order chi connectivity index (χ1) is 8.95. The minimum absolute atomic E-state index is 0.0543. The largest absolute Gasteiger partial charge is 0.453 e. The maximum Gasteiger partial charge on any atom is 0.411 e. The van der Waals surface area contributed by atoms with E-state index < -0.39 is 6.09 Å². The Balaban J connectivity index is 2.87. The molecule has 1 rings (SSSR count). The molecule has 0 saturated heterocycles. The average Bonchev–Trinajstić information content (AvgIpc) is 2.38. The maximum atomic E-state index is 12.1. The summed E-state index contributed by atoms with van der Waals surface area (Å²) in [5, 5.41) is 5.42. The number of carbonyl (C=O) groups excluding carboxylic acids is 2. The topological polar surface area (TPSA) is 67.4 Å². The Bertz CT molecular complexity index is 458. The molecule has 1 aromatic carbocycles. The Labute approximate surface area is 113 Å². The number of nitrogens with one attached hydrogen (secondary N) is 2. The Morgan fingerprint density at radius 2 is 1.79 bits per heavy atom. The second kappa shape index (κ2) is 6.78. The van der Waals surface area contributed by atoms with Crippen LogP contribution in [0.25, 0.3) is 0 Å². The summed E-state index contributed by atoms with van der Waals surface area (Å²) in [6.45, 7) is 6.01. The summed E-state index contributed by atoms with van der Waals surface area (Å²) < 4.78 is 4.53. The fraction of sp³-hybridized carbons (Fsp3) is 0.429. The quantitative estimate of drug-likeness (QED) is 0.878. The van der Waals surface area contributed by atoms with Crippen molar-refractivity contribution in [3.63, 3.8) is 0 Å². The predicted octanol–water partition coefficient (Wildman–Crippen LogP) is 2.64. The fourth-order valence-electron chi connectivity index (χ4n) is 1.40. The molecule has 104 valence electrons. The van der Waals surface area contributed by atoms with Crippen molar-refractivity contribution in [2.75, 3.05) is 12.4 Å². The van der Waals surface area contributed by atoms with Gasteiger partial charge in [-0.3, -0.25) is 10.1 Å². The molecule has 2 N–H and O–H groups in total. The van der Waals surface area contributed by atoms with Crippen molar-refractivity contribution in [1.82, 2.24) is 5.32 Å². The molecule has 0 aliphatic carbocycles. The van der Waals surface area contributed by atoms with Gasteiger partial charge >= 0.3 is 6.09 Å². The first-order valence-electron chi connectivity index (χ1n) is 6.20. The maximum absolute atomic E-state index is 12.1. The van der Waals surface area contributed by atoms with Gasteiger partial charge in [-0.05, 0) is 25.0 Å².